The van der Waals surface area contributed by atoms with Crippen molar-refractivity contribution in [2.45, 2.75) is 38.5 Å². The summed E-state index contributed by atoms with van der Waals surface area (Å²) in [6.07, 6.45) is 0. The second-order valence-corrected chi connectivity index (χ2v) is 16.1. The van der Waals surface area contributed by atoms with E-state index in [1.54, 1.807) is 0 Å². The minimum atomic E-state index is -0.222. The zero-order valence-electron chi connectivity index (χ0n) is 31.1. The van der Waals surface area contributed by atoms with E-state index in [1.807, 2.05) is 0 Å². The molecule has 0 fully saturated rings. The number of fused-ring (bicyclic) bond motifs is 10. The first-order valence-electron chi connectivity index (χ1n) is 19.1. The molecule has 0 radical (unpaired) electrons. The molecule has 11 rings (SSSR count). The van der Waals surface area contributed by atoms with E-state index in [9.17, 15) is 0 Å². The predicted octanol–water partition coefficient (Wildman–Crippen LogP) is 14.0. The van der Waals surface area contributed by atoms with Crippen molar-refractivity contribution >= 4 is 49.6 Å². The largest absolute Gasteiger partial charge is 0.307 e. The summed E-state index contributed by atoms with van der Waals surface area (Å²) in [4.78, 5) is 2.62. The molecule has 2 aliphatic carbocycles. The van der Waals surface area contributed by atoms with Crippen LogP contribution < -0.4 is 4.90 Å². The minimum Gasteiger partial charge on any atom is -0.307 e. The van der Waals surface area contributed by atoms with Crippen LogP contribution >= 0.6 is 0 Å². The first-order valence-corrected chi connectivity index (χ1v) is 19.1. The van der Waals surface area contributed by atoms with Crippen molar-refractivity contribution in [3.8, 4) is 27.9 Å². The molecule has 0 unspecified atom stereocenters. The van der Waals surface area contributed by atoms with E-state index in [1.165, 1.54) is 88.5 Å². The van der Waals surface area contributed by atoms with Gasteiger partial charge in [-0.05, 0) is 86.1 Å². The molecule has 54 heavy (non-hydrogen) atoms. The lowest BCUT2D eigenvalue weighted by Gasteiger charge is -2.35. The summed E-state index contributed by atoms with van der Waals surface area (Å²) in [6.45, 7) is 9.57. The third-order valence-electron chi connectivity index (χ3n) is 12.5. The van der Waals surface area contributed by atoms with Crippen molar-refractivity contribution in [3.63, 3.8) is 0 Å². The van der Waals surface area contributed by atoms with Crippen molar-refractivity contribution < 1.29 is 0 Å². The highest BCUT2D eigenvalue weighted by atomic mass is 15.2. The van der Waals surface area contributed by atoms with Gasteiger partial charge in [0.15, 0.2) is 0 Å². The Balaban J connectivity index is 1.32. The normalized spacial score (nSPS) is 14.6. The Morgan fingerprint density at radius 3 is 1.65 bits per heavy atom. The maximum absolute atomic E-state index is 2.62. The maximum Gasteiger partial charge on any atom is 0.0709 e. The average molecular weight is 693 g/mol. The molecule has 0 spiro atoms. The molecular formula is C52H40N2. The van der Waals surface area contributed by atoms with Gasteiger partial charge in [0.2, 0.25) is 0 Å². The van der Waals surface area contributed by atoms with Gasteiger partial charge in [0.1, 0.15) is 0 Å². The first-order chi connectivity index (χ1) is 26.3. The molecule has 0 atom stereocenters. The SMILES string of the molecule is CC1(C)c2ccccc2-c2c(N(c3cc4ccccc4cc3-n3c4ccccc4c4ccccc43)c3cccc4c3C(C)(C)c3ccccc3-4)cccc21. The van der Waals surface area contributed by atoms with Crippen LogP contribution in [0.1, 0.15) is 49.9 Å². The van der Waals surface area contributed by atoms with Crippen molar-refractivity contribution in [2.75, 3.05) is 4.90 Å². The van der Waals surface area contributed by atoms with E-state index < -0.39 is 0 Å². The fourth-order valence-electron chi connectivity index (χ4n) is 10.1. The van der Waals surface area contributed by atoms with Crippen LogP contribution in [0, 0.1) is 0 Å². The minimum absolute atomic E-state index is 0.138. The van der Waals surface area contributed by atoms with Crippen LogP contribution in [0.2, 0.25) is 0 Å². The van der Waals surface area contributed by atoms with Crippen molar-refractivity contribution in [1.29, 1.82) is 0 Å². The Morgan fingerprint density at radius 2 is 0.926 bits per heavy atom. The summed E-state index contributed by atoms with van der Waals surface area (Å²) in [6, 6.07) is 63.4. The lowest BCUT2D eigenvalue weighted by Crippen LogP contribution is -2.22. The van der Waals surface area contributed by atoms with Crippen molar-refractivity contribution in [1.82, 2.24) is 4.57 Å². The number of hydrogen-bond acceptors (Lipinski definition) is 1. The van der Waals surface area contributed by atoms with Crippen LogP contribution in [-0.4, -0.2) is 4.57 Å². The topological polar surface area (TPSA) is 8.17 Å². The second-order valence-electron chi connectivity index (χ2n) is 16.1. The summed E-state index contributed by atoms with van der Waals surface area (Å²) < 4.78 is 2.50. The Labute approximate surface area is 316 Å². The van der Waals surface area contributed by atoms with Gasteiger partial charge >= 0.3 is 0 Å². The third-order valence-corrected chi connectivity index (χ3v) is 12.5. The first kappa shape index (κ1) is 31.2. The maximum atomic E-state index is 2.62. The zero-order chi connectivity index (χ0) is 36.3. The van der Waals surface area contributed by atoms with E-state index in [0.29, 0.717) is 0 Å². The highest BCUT2D eigenvalue weighted by molar-refractivity contribution is 6.11. The summed E-state index contributed by atoms with van der Waals surface area (Å²) in [7, 11) is 0. The number of hydrogen-bond donors (Lipinski definition) is 0. The van der Waals surface area contributed by atoms with Crippen LogP contribution in [-0.2, 0) is 10.8 Å². The quantitative estimate of drug-likeness (QED) is 0.178. The lowest BCUT2D eigenvalue weighted by molar-refractivity contribution is 0.659. The van der Waals surface area contributed by atoms with Crippen molar-refractivity contribution in [2.24, 2.45) is 0 Å². The molecule has 8 aromatic carbocycles. The molecule has 0 saturated carbocycles. The molecule has 258 valence electrons. The molecule has 1 heterocycles. The van der Waals surface area contributed by atoms with E-state index in [2.05, 4.69) is 207 Å². The number of para-hydroxylation sites is 2. The van der Waals surface area contributed by atoms with Gasteiger partial charge in [-0.2, -0.15) is 0 Å². The van der Waals surface area contributed by atoms with Gasteiger partial charge in [0.25, 0.3) is 0 Å². The van der Waals surface area contributed by atoms with E-state index in [-0.39, 0.29) is 10.8 Å². The van der Waals surface area contributed by atoms with E-state index >= 15 is 0 Å². The fraction of sp³-hybridized carbons (Fsp3) is 0.115. The Morgan fingerprint density at radius 1 is 0.407 bits per heavy atom. The molecule has 1 aromatic heterocycles. The molecule has 2 nitrogen and oxygen atoms in total. The molecule has 9 aromatic rings. The van der Waals surface area contributed by atoms with E-state index in [4.69, 9.17) is 0 Å². The smallest absolute Gasteiger partial charge is 0.0709 e. The summed E-state index contributed by atoms with van der Waals surface area (Å²) in [5.41, 5.74) is 17.5. The number of aromatic nitrogens is 1. The monoisotopic (exact) mass is 692 g/mol. The molecule has 0 saturated heterocycles. The molecular weight excluding hydrogens is 653 g/mol. The van der Waals surface area contributed by atoms with Gasteiger partial charge in [0.05, 0.1) is 33.8 Å². The van der Waals surface area contributed by atoms with E-state index in [0.717, 1.165) is 11.4 Å². The van der Waals surface area contributed by atoms with Gasteiger partial charge in [-0.25, -0.2) is 0 Å². The number of nitrogens with zero attached hydrogens (tertiary/aromatic N) is 2. The van der Waals surface area contributed by atoms with Crippen LogP contribution in [0.5, 0.6) is 0 Å². The highest BCUT2D eigenvalue weighted by Gasteiger charge is 2.42. The summed E-state index contributed by atoms with van der Waals surface area (Å²) in [5, 5.41) is 4.94. The molecule has 0 amide bonds. The third kappa shape index (κ3) is 4.11. The van der Waals surface area contributed by atoms with Gasteiger partial charge < -0.3 is 9.47 Å². The second kappa shape index (κ2) is 11.1. The van der Waals surface area contributed by atoms with Crippen LogP contribution in [0.15, 0.2) is 170 Å². The molecule has 0 N–H and O–H groups in total. The number of rotatable bonds is 4. The van der Waals surface area contributed by atoms with Gasteiger partial charge in [-0.3, -0.25) is 0 Å². The van der Waals surface area contributed by atoms with Gasteiger partial charge in [-0.15, -0.1) is 0 Å². The highest BCUT2D eigenvalue weighted by Crippen LogP contribution is 2.58. The predicted molar refractivity (Wildman–Crippen MR) is 228 cm³/mol. The Bertz CT molecular complexity index is 2960. The summed E-state index contributed by atoms with van der Waals surface area (Å²) in [5.74, 6) is 0. The van der Waals surface area contributed by atoms with Crippen molar-refractivity contribution in [3.05, 3.63) is 192 Å². The zero-order valence-corrected chi connectivity index (χ0v) is 31.1. The molecule has 0 bridgehead atoms. The van der Waals surface area contributed by atoms with Crippen LogP contribution in [0.3, 0.4) is 0 Å². The Kier molecular flexibility index (Phi) is 6.39. The summed E-state index contributed by atoms with van der Waals surface area (Å²) >= 11 is 0. The standard InChI is InChI=1S/C52H40N2/c1-51(2)41-25-12-8-22-39(41)49-42(51)26-16-29-45(49)54(46-30-15-23-38-35-19-7-11-24-40(35)52(3,4)50(38)46)48-32-34-18-6-5-17-33(34)31-47(48)53-43-27-13-9-20-36(43)37-21-10-14-28-44(37)53/h5-32H,1-4H3. The van der Waals surface area contributed by atoms with Crippen LogP contribution in [0.25, 0.3) is 60.5 Å². The van der Waals surface area contributed by atoms with Gasteiger partial charge in [0, 0.05) is 27.2 Å². The number of anilines is 3. The van der Waals surface area contributed by atoms with Crippen LogP contribution in [0.4, 0.5) is 17.1 Å². The number of benzene rings is 8. The average Bonchev–Trinajstić information content (AvgIpc) is 3.75. The van der Waals surface area contributed by atoms with Gasteiger partial charge in [-0.1, -0.05) is 161 Å². The fourth-order valence-corrected chi connectivity index (χ4v) is 10.1. The molecule has 2 aliphatic rings. The Hall–Kier alpha value is -6.38. The molecule has 2 heteroatoms. The molecule has 0 aliphatic heterocycles. The lowest BCUT2D eigenvalue weighted by atomic mass is 9.81.